The minimum atomic E-state index is -4.44. The normalized spacial score (nSPS) is 24.2. The largest absolute Gasteiger partial charge is 0.433 e. The highest BCUT2D eigenvalue weighted by molar-refractivity contribution is 5.31. The molecule has 0 N–H and O–H groups in total. The van der Waals surface area contributed by atoms with Crippen molar-refractivity contribution >= 4 is 5.95 Å². The second kappa shape index (κ2) is 7.91. The van der Waals surface area contributed by atoms with Crippen molar-refractivity contribution < 1.29 is 17.9 Å². The Balaban J connectivity index is 1.24. The van der Waals surface area contributed by atoms with E-state index in [0.29, 0.717) is 19.2 Å². The summed E-state index contributed by atoms with van der Waals surface area (Å²) in [5, 5.41) is 0. The van der Waals surface area contributed by atoms with E-state index in [1.54, 1.807) is 0 Å². The number of hydrogen-bond donors (Lipinski definition) is 0. The number of likely N-dealkylation sites (tertiary alicyclic amines) is 1. The number of aromatic nitrogens is 2. The molecule has 8 heteroatoms. The molecule has 2 aliphatic heterocycles. The fourth-order valence-corrected chi connectivity index (χ4v) is 4.25. The van der Waals surface area contributed by atoms with Crippen molar-refractivity contribution in [3.05, 3.63) is 18.0 Å². The second-order valence-corrected chi connectivity index (χ2v) is 7.88. The molecule has 2 saturated heterocycles. The van der Waals surface area contributed by atoms with Crippen molar-refractivity contribution in [2.24, 2.45) is 0 Å². The number of halogens is 3. The molecule has 0 radical (unpaired) electrons. The average molecular weight is 384 g/mol. The molecular weight excluding hydrogens is 357 g/mol. The lowest BCUT2D eigenvalue weighted by Crippen LogP contribution is -2.47. The lowest BCUT2D eigenvalue weighted by molar-refractivity contribution is -0.141. The van der Waals surface area contributed by atoms with Gasteiger partial charge < -0.3 is 14.5 Å². The SMILES string of the molecule is FC(F)(F)c1ccnc(N2CCC(OC3CCN(C4CCC4)CC3)CC2)n1. The minimum absolute atomic E-state index is 0.164. The van der Waals surface area contributed by atoms with Crippen LogP contribution in [0.2, 0.25) is 0 Å². The third-order valence-electron chi connectivity index (χ3n) is 6.11. The van der Waals surface area contributed by atoms with Gasteiger partial charge in [-0.15, -0.1) is 0 Å². The van der Waals surface area contributed by atoms with Crippen LogP contribution in [-0.4, -0.2) is 59.3 Å². The fraction of sp³-hybridized carbons (Fsp3) is 0.789. The molecule has 27 heavy (non-hydrogen) atoms. The maximum atomic E-state index is 12.8. The molecule has 150 valence electrons. The Labute approximate surface area is 157 Å². The molecule has 1 saturated carbocycles. The molecule has 0 atom stereocenters. The third-order valence-corrected chi connectivity index (χ3v) is 6.11. The van der Waals surface area contributed by atoms with Crippen LogP contribution in [0.15, 0.2) is 12.3 Å². The summed E-state index contributed by atoms with van der Waals surface area (Å²) in [7, 11) is 0. The number of piperidine rings is 2. The average Bonchev–Trinajstić information content (AvgIpc) is 2.62. The minimum Gasteiger partial charge on any atom is -0.375 e. The van der Waals surface area contributed by atoms with Crippen molar-refractivity contribution in [3.63, 3.8) is 0 Å². The Morgan fingerprint density at radius 3 is 2.11 bits per heavy atom. The van der Waals surface area contributed by atoms with E-state index in [1.165, 1.54) is 25.5 Å². The van der Waals surface area contributed by atoms with Crippen LogP contribution in [0.5, 0.6) is 0 Å². The summed E-state index contributed by atoms with van der Waals surface area (Å²) in [6.45, 7) is 3.53. The Morgan fingerprint density at radius 1 is 0.926 bits per heavy atom. The van der Waals surface area contributed by atoms with E-state index >= 15 is 0 Å². The van der Waals surface area contributed by atoms with Gasteiger partial charge in [0.1, 0.15) is 5.69 Å². The van der Waals surface area contributed by atoms with Crippen LogP contribution in [0.4, 0.5) is 19.1 Å². The van der Waals surface area contributed by atoms with Gasteiger partial charge in [-0.2, -0.15) is 13.2 Å². The van der Waals surface area contributed by atoms with Gasteiger partial charge in [-0.3, -0.25) is 0 Å². The summed E-state index contributed by atoms with van der Waals surface area (Å²) in [4.78, 5) is 12.2. The van der Waals surface area contributed by atoms with Crippen LogP contribution < -0.4 is 4.90 Å². The van der Waals surface area contributed by atoms with E-state index in [1.807, 2.05) is 4.90 Å². The van der Waals surface area contributed by atoms with E-state index < -0.39 is 11.9 Å². The highest BCUT2D eigenvalue weighted by atomic mass is 19.4. The first kappa shape index (κ1) is 18.9. The summed E-state index contributed by atoms with van der Waals surface area (Å²) < 4.78 is 44.8. The quantitative estimate of drug-likeness (QED) is 0.795. The maximum absolute atomic E-state index is 12.8. The topological polar surface area (TPSA) is 41.5 Å². The van der Waals surface area contributed by atoms with Crippen molar-refractivity contribution in [1.82, 2.24) is 14.9 Å². The van der Waals surface area contributed by atoms with Crippen LogP contribution >= 0.6 is 0 Å². The molecule has 3 aliphatic rings. The first-order valence-corrected chi connectivity index (χ1v) is 10.0. The number of nitrogens with zero attached hydrogens (tertiary/aromatic N) is 4. The molecule has 0 unspecified atom stereocenters. The van der Waals surface area contributed by atoms with Gasteiger partial charge in [0.15, 0.2) is 0 Å². The van der Waals surface area contributed by atoms with Crippen molar-refractivity contribution in [3.8, 4) is 0 Å². The first-order chi connectivity index (χ1) is 13.0. The van der Waals surface area contributed by atoms with Crippen LogP contribution in [0.1, 0.15) is 50.6 Å². The molecule has 3 heterocycles. The van der Waals surface area contributed by atoms with Gasteiger partial charge in [0, 0.05) is 38.4 Å². The van der Waals surface area contributed by atoms with Gasteiger partial charge >= 0.3 is 6.18 Å². The number of anilines is 1. The first-order valence-electron chi connectivity index (χ1n) is 10.0. The maximum Gasteiger partial charge on any atom is 0.433 e. The van der Waals surface area contributed by atoms with Crippen LogP contribution in [0.25, 0.3) is 0 Å². The number of ether oxygens (including phenoxy) is 1. The van der Waals surface area contributed by atoms with Crippen molar-refractivity contribution in [1.29, 1.82) is 0 Å². The van der Waals surface area contributed by atoms with Crippen LogP contribution in [0, 0.1) is 0 Å². The number of hydrogen-bond acceptors (Lipinski definition) is 5. The Morgan fingerprint density at radius 2 is 1.56 bits per heavy atom. The van der Waals surface area contributed by atoms with Gasteiger partial charge in [-0.1, -0.05) is 6.42 Å². The molecule has 1 aromatic heterocycles. The molecule has 0 aromatic carbocycles. The van der Waals surface area contributed by atoms with Crippen molar-refractivity contribution in [2.75, 3.05) is 31.1 Å². The fourth-order valence-electron chi connectivity index (χ4n) is 4.25. The lowest BCUT2D eigenvalue weighted by Gasteiger charge is -2.42. The van der Waals surface area contributed by atoms with Crippen molar-refractivity contribution in [2.45, 2.75) is 69.4 Å². The monoisotopic (exact) mass is 384 g/mol. The second-order valence-electron chi connectivity index (χ2n) is 7.88. The Bertz CT molecular complexity index is 622. The summed E-state index contributed by atoms with van der Waals surface area (Å²) >= 11 is 0. The molecule has 3 fully saturated rings. The van der Waals surface area contributed by atoms with Gasteiger partial charge in [0.25, 0.3) is 0 Å². The Kier molecular flexibility index (Phi) is 5.55. The number of rotatable bonds is 4. The molecule has 0 amide bonds. The summed E-state index contributed by atoms with van der Waals surface area (Å²) in [6.07, 6.45) is 5.12. The van der Waals surface area contributed by atoms with Gasteiger partial charge in [-0.25, -0.2) is 9.97 Å². The molecule has 0 spiro atoms. The van der Waals surface area contributed by atoms with Gasteiger partial charge in [0.2, 0.25) is 5.95 Å². The highest BCUT2D eigenvalue weighted by Crippen LogP contribution is 2.30. The smallest absolute Gasteiger partial charge is 0.375 e. The Hall–Kier alpha value is -1.41. The summed E-state index contributed by atoms with van der Waals surface area (Å²) in [6, 6.07) is 1.72. The summed E-state index contributed by atoms with van der Waals surface area (Å²) in [5.41, 5.74) is -0.885. The number of alkyl halides is 3. The predicted molar refractivity (Wildman–Crippen MR) is 95.6 cm³/mol. The van der Waals surface area contributed by atoms with Gasteiger partial charge in [0.05, 0.1) is 12.2 Å². The van der Waals surface area contributed by atoms with Crippen LogP contribution in [-0.2, 0) is 10.9 Å². The summed E-state index contributed by atoms with van der Waals surface area (Å²) in [5.74, 6) is 0.164. The van der Waals surface area contributed by atoms with E-state index in [4.69, 9.17) is 4.74 Å². The molecule has 1 aromatic rings. The zero-order valence-electron chi connectivity index (χ0n) is 15.5. The zero-order chi connectivity index (χ0) is 18.9. The predicted octanol–water partition coefficient (Wildman–Crippen LogP) is 3.50. The third kappa shape index (κ3) is 4.54. The van der Waals surface area contributed by atoms with Gasteiger partial charge in [-0.05, 0) is 44.6 Å². The van der Waals surface area contributed by atoms with E-state index in [9.17, 15) is 13.2 Å². The zero-order valence-corrected chi connectivity index (χ0v) is 15.5. The van der Waals surface area contributed by atoms with E-state index in [2.05, 4.69) is 14.9 Å². The molecule has 1 aliphatic carbocycles. The molecule has 0 bridgehead atoms. The van der Waals surface area contributed by atoms with E-state index in [-0.39, 0.29) is 12.1 Å². The standard InChI is InChI=1S/C19H27F3N4O/c20-19(21,22)17-4-9-23-18(24-17)26-12-7-16(8-13-26)27-15-5-10-25(11-6-15)14-2-1-3-14/h4,9,14-16H,1-3,5-8,10-13H2. The molecule has 4 rings (SSSR count). The van der Waals surface area contributed by atoms with Crippen LogP contribution in [0.3, 0.4) is 0 Å². The molecular formula is C19H27F3N4O. The lowest BCUT2D eigenvalue weighted by atomic mass is 9.89. The van der Waals surface area contributed by atoms with E-state index in [0.717, 1.165) is 50.9 Å². The molecule has 5 nitrogen and oxygen atoms in total. The highest BCUT2D eigenvalue weighted by Gasteiger charge is 2.34.